The number of aryl methyl sites for hydroxylation is 1. The SMILES string of the molecule is COCCCNC(=O)CNc1cccc(C)c1Br. The number of rotatable bonds is 7. The molecule has 1 rings (SSSR count). The van der Waals surface area contributed by atoms with Crippen LogP contribution in [-0.2, 0) is 9.53 Å². The average molecular weight is 315 g/mol. The largest absolute Gasteiger partial charge is 0.385 e. The second-order valence-corrected chi connectivity index (χ2v) is 4.78. The maximum atomic E-state index is 11.5. The third-order valence-corrected chi connectivity index (χ3v) is 3.53. The Hall–Kier alpha value is -1.07. The predicted molar refractivity (Wildman–Crippen MR) is 76.9 cm³/mol. The van der Waals surface area contributed by atoms with Crippen LogP contribution in [0.25, 0.3) is 0 Å². The van der Waals surface area contributed by atoms with Crippen molar-refractivity contribution >= 4 is 27.5 Å². The number of ether oxygens (including phenoxy) is 1. The van der Waals surface area contributed by atoms with E-state index in [0.29, 0.717) is 13.2 Å². The maximum Gasteiger partial charge on any atom is 0.239 e. The van der Waals surface area contributed by atoms with E-state index in [4.69, 9.17) is 4.74 Å². The van der Waals surface area contributed by atoms with Crippen molar-refractivity contribution < 1.29 is 9.53 Å². The van der Waals surface area contributed by atoms with Gasteiger partial charge in [0.2, 0.25) is 5.91 Å². The Balaban J connectivity index is 2.32. The Bertz CT molecular complexity index is 397. The summed E-state index contributed by atoms with van der Waals surface area (Å²) in [6, 6.07) is 5.91. The van der Waals surface area contributed by atoms with Crippen molar-refractivity contribution in [2.75, 3.05) is 32.1 Å². The van der Waals surface area contributed by atoms with Crippen molar-refractivity contribution in [3.63, 3.8) is 0 Å². The molecule has 0 atom stereocenters. The Morgan fingerprint density at radius 2 is 2.22 bits per heavy atom. The first kappa shape index (κ1) is 15.0. The molecule has 0 aliphatic heterocycles. The highest BCUT2D eigenvalue weighted by Crippen LogP contribution is 2.25. The number of benzene rings is 1. The lowest BCUT2D eigenvalue weighted by Gasteiger charge is -2.10. The first-order chi connectivity index (χ1) is 8.65. The van der Waals surface area contributed by atoms with Crippen molar-refractivity contribution in [3.8, 4) is 0 Å². The Morgan fingerprint density at radius 3 is 2.94 bits per heavy atom. The molecule has 5 heteroatoms. The molecule has 0 unspecified atom stereocenters. The minimum atomic E-state index is -0.0143. The van der Waals surface area contributed by atoms with Crippen LogP contribution >= 0.6 is 15.9 Å². The van der Waals surface area contributed by atoms with Crippen LogP contribution in [0, 0.1) is 6.92 Å². The molecule has 0 saturated heterocycles. The van der Waals surface area contributed by atoms with E-state index in [1.807, 2.05) is 25.1 Å². The van der Waals surface area contributed by atoms with Crippen LogP contribution in [0.15, 0.2) is 22.7 Å². The summed E-state index contributed by atoms with van der Waals surface area (Å²) < 4.78 is 5.91. The molecule has 1 aromatic rings. The lowest BCUT2D eigenvalue weighted by atomic mass is 10.2. The van der Waals surface area contributed by atoms with Gasteiger partial charge >= 0.3 is 0 Å². The minimum Gasteiger partial charge on any atom is -0.385 e. The van der Waals surface area contributed by atoms with E-state index < -0.39 is 0 Å². The van der Waals surface area contributed by atoms with Crippen LogP contribution in [0.1, 0.15) is 12.0 Å². The third kappa shape index (κ3) is 5.06. The average Bonchev–Trinajstić information content (AvgIpc) is 2.36. The molecule has 0 spiro atoms. The van der Waals surface area contributed by atoms with Crippen LogP contribution < -0.4 is 10.6 Å². The standard InChI is InChI=1S/C13H19BrN2O2/c1-10-5-3-6-11(13(10)14)16-9-12(17)15-7-4-8-18-2/h3,5-6,16H,4,7-9H2,1-2H3,(H,15,17). The number of anilines is 1. The molecule has 2 N–H and O–H groups in total. The summed E-state index contributed by atoms with van der Waals surface area (Å²) in [5.74, 6) is -0.0143. The van der Waals surface area contributed by atoms with Gasteiger partial charge in [-0.25, -0.2) is 0 Å². The van der Waals surface area contributed by atoms with E-state index in [-0.39, 0.29) is 12.5 Å². The number of hydrogen-bond donors (Lipinski definition) is 2. The topological polar surface area (TPSA) is 50.4 Å². The molecule has 0 aliphatic carbocycles. The number of carbonyl (C=O) groups is 1. The van der Waals surface area contributed by atoms with Gasteiger partial charge in [-0.1, -0.05) is 12.1 Å². The molecule has 0 saturated carbocycles. The smallest absolute Gasteiger partial charge is 0.239 e. The molecule has 0 heterocycles. The summed E-state index contributed by atoms with van der Waals surface area (Å²) in [7, 11) is 1.65. The monoisotopic (exact) mass is 314 g/mol. The number of halogens is 1. The molecule has 1 amide bonds. The highest BCUT2D eigenvalue weighted by molar-refractivity contribution is 9.10. The zero-order valence-electron chi connectivity index (χ0n) is 10.8. The fourth-order valence-corrected chi connectivity index (χ4v) is 1.87. The van der Waals surface area contributed by atoms with E-state index >= 15 is 0 Å². The second-order valence-electron chi connectivity index (χ2n) is 3.99. The maximum absolute atomic E-state index is 11.5. The minimum absolute atomic E-state index is 0.0143. The van der Waals surface area contributed by atoms with E-state index in [9.17, 15) is 4.79 Å². The molecule has 0 aliphatic rings. The lowest BCUT2D eigenvalue weighted by molar-refractivity contribution is -0.119. The number of nitrogens with one attached hydrogen (secondary N) is 2. The predicted octanol–water partition coefficient (Wildman–Crippen LogP) is 2.32. The van der Waals surface area contributed by atoms with Crippen molar-refractivity contribution in [2.45, 2.75) is 13.3 Å². The fraction of sp³-hybridized carbons (Fsp3) is 0.462. The van der Waals surface area contributed by atoms with Gasteiger partial charge in [-0.2, -0.15) is 0 Å². The summed E-state index contributed by atoms with van der Waals surface area (Å²) in [6.07, 6.45) is 0.830. The molecular formula is C13H19BrN2O2. The quantitative estimate of drug-likeness (QED) is 0.759. The summed E-state index contributed by atoms with van der Waals surface area (Å²) in [5.41, 5.74) is 2.07. The van der Waals surface area contributed by atoms with Gasteiger partial charge in [-0.05, 0) is 40.9 Å². The first-order valence-electron chi connectivity index (χ1n) is 5.89. The van der Waals surface area contributed by atoms with Gasteiger partial charge in [-0.3, -0.25) is 4.79 Å². The molecule has 100 valence electrons. The van der Waals surface area contributed by atoms with Gasteiger partial charge in [0.1, 0.15) is 0 Å². The van der Waals surface area contributed by atoms with E-state index in [0.717, 1.165) is 22.1 Å². The number of hydrogen-bond acceptors (Lipinski definition) is 3. The molecule has 0 bridgehead atoms. The molecule has 0 aromatic heterocycles. The van der Waals surface area contributed by atoms with Crippen LogP contribution in [-0.4, -0.2) is 32.7 Å². The number of amides is 1. The summed E-state index contributed by atoms with van der Waals surface area (Å²) in [4.78, 5) is 11.5. The van der Waals surface area contributed by atoms with Crippen LogP contribution in [0.5, 0.6) is 0 Å². The van der Waals surface area contributed by atoms with Crippen LogP contribution in [0.2, 0.25) is 0 Å². The highest BCUT2D eigenvalue weighted by atomic mass is 79.9. The second kappa shape index (κ2) is 8.11. The Morgan fingerprint density at radius 1 is 1.44 bits per heavy atom. The number of methoxy groups -OCH3 is 1. The summed E-state index contributed by atoms with van der Waals surface area (Å²) in [6.45, 7) is 3.59. The van der Waals surface area contributed by atoms with Crippen LogP contribution in [0.4, 0.5) is 5.69 Å². The molecular weight excluding hydrogens is 296 g/mol. The molecule has 1 aromatic carbocycles. The van der Waals surface area contributed by atoms with E-state index in [2.05, 4.69) is 26.6 Å². The zero-order chi connectivity index (χ0) is 13.4. The van der Waals surface area contributed by atoms with Gasteiger partial charge < -0.3 is 15.4 Å². The van der Waals surface area contributed by atoms with Gasteiger partial charge in [-0.15, -0.1) is 0 Å². The highest BCUT2D eigenvalue weighted by Gasteiger charge is 2.04. The molecule has 0 fully saturated rings. The van der Waals surface area contributed by atoms with Gasteiger partial charge in [0.15, 0.2) is 0 Å². The normalized spacial score (nSPS) is 10.2. The van der Waals surface area contributed by atoms with E-state index in [1.54, 1.807) is 7.11 Å². The van der Waals surface area contributed by atoms with Gasteiger partial charge in [0, 0.05) is 30.4 Å². The van der Waals surface area contributed by atoms with E-state index in [1.165, 1.54) is 0 Å². The fourth-order valence-electron chi connectivity index (χ4n) is 1.47. The van der Waals surface area contributed by atoms with Crippen molar-refractivity contribution in [3.05, 3.63) is 28.2 Å². The Kier molecular flexibility index (Phi) is 6.75. The lowest BCUT2D eigenvalue weighted by Crippen LogP contribution is -2.31. The Labute approximate surface area is 116 Å². The molecule has 0 radical (unpaired) electrons. The molecule has 4 nitrogen and oxygen atoms in total. The van der Waals surface area contributed by atoms with Crippen LogP contribution in [0.3, 0.4) is 0 Å². The first-order valence-corrected chi connectivity index (χ1v) is 6.69. The molecule has 18 heavy (non-hydrogen) atoms. The van der Waals surface area contributed by atoms with Crippen molar-refractivity contribution in [2.24, 2.45) is 0 Å². The van der Waals surface area contributed by atoms with Crippen molar-refractivity contribution in [1.29, 1.82) is 0 Å². The van der Waals surface area contributed by atoms with Gasteiger partial charge in [0.25, 0.3) is 0 Å². The third-order valence-electron chi connectivity index (χ3n) is 2.48. The summed E-state index contributed by atoms with van der Waals surface area (Å²) >= 11 is 3.49. The number of carbonyl (C=O) groups excluding carboxylic acids is 1. The summed E-state index contributed by atoms with van der Waals surface area (Å²) in [5, 5.41) is 5.93. The van der Waals surface area contributed by atoms with Crippen molar-refractivity contribution in [1.82, 2.24) is 5.32 Å². The van der Waals surface area contributed by atoms with Gasteiger partial charge in [0.05, 0.1) is 6.54 Å². The zero-order valence-corrected chi connectivity index (χ0v) is 12.3.